The number of carbonyl (C=O) groups is 1. The summed E-state index contributed by atoms with van der Waals surface area (Å²) in [6.45, 7) is 3.76. The number of carbonyl (C=O) groups excluding carboxylic acids is 1. The van der Waals surface area contributed by atoms with E-state index in [1.54, 1.807) is 13.8 Å². The summed E-state index contributed by atoms with van der Waals surface area (Å²) >= 11 is 3.49. The van der Waals surface area contributed by atoms with Gasteiger partial charge in [-0.15, -0.1) is 0 Å². The number of aryl methyl sites for hydroxylation is 1. The van der Waals surface area contributed by atoms with E-state index in [1.807, 2.05) is 24.3 Å². The second kappa shape index (κ2) is 6.67. The average molecular weight is 350 g/mol. The number of halogens is 1. The van der Waals surface area contributed by atoms with Gasteiger partial charge in [-0.1, -0.05) is 34.1 Å². The first-order valence-corrected chi connectivity index (χ1v) is 7.35. The number of esters is 1. The van der Waals surface area contributed by atoms with Crippen LogP contribution in [0.15, 0.2) is 28.7 Å². The minimum Gasteiger partial charge on any atom is -0.462 e. The van der Waals surface area contributed by atoms with Crippen molar-refractivity contribution < 1.29 is 9.53 Å². The third kappa shape index (κ3) is 3.58. The highest BCUT2D eigenvalue weighted by atomic mass is 79.9. The highest BCUT2D eigenvalue weighted by molar-refractivity contribution is 9.10. The number of rotatable bonds is 4. The second-order valence-electron chi connectivity index (χ2n) is 4.47. The van der Waals surface area contributed by atoms with Crippen LogP contribution in [0.4, 0.5) is 5.82 Å². The van der Waals surface area contributed by atoms with Crippen molar-refractivity contribution in [2.45, 2.75) is 20.3 Å². The Labute approximate surface area is 131 Å². The number of nitrogens with two attached hydrogens (primary N) is 1. The predicted molar refractivity (Wildman–Crippen MR) is 84.1 cm³/mol. The summed E-state index contributed by atoms with van der Waals surface area (Å²) in [5.41, 5.74) is 7.71. The van der Waals surface area contributed by atoms with Crippen molar-refractivity contribution in [1.82, 2.24) is 9.97 Å². The first-order valence-electron chi connectivity index (χ1n) is 6.56. The van der Waals surface area contributed by atoms with E-state index in [0.29, 0.717) is 17.9 Å². The number of nitrogens with zero attached hydrogens (tertiary/aromatic N) is 2. The Balaban J connectivity index is 2.32. The minimum atomic E-state index is -0.486. The lowest BCUT2D eigenvalue weighted by molar-refractivity contribution is 0.0526. The van der Waals surface area contributed by atoms with Crippen LogP contribution in [-0.2, 0) is 11.2 Å². The van der Waals surface area contributed by atoms with Gasteiger partial charge in [-0.05, 0) is 25.5 Å². The van der Waals surface area contributed by atoms with E-state index in [9.17, 15) is 4.79 Å². The van der Waals surface area contributed by atoms with Crippen molar-refractivity contribution in [3.63, 3.8) is 0 Å². The van der Waals surface area contributed by atoms with Crippen LogP contribution in [0.25, 0.3) is 0 Å². The summed E-state index contributed by atoms with van der Waals surface area (Å²) in [4.78, 5) is 20.4. The van der Waals surface area contributed by atoms with E-state index in [4.69, 9.17) is 10.5 Å². The van der Waals surface area contributed by atoms with Crippen molar-refractivity contribution in [1.29, 1.82) is 0 Å². The molecule has 0 saturated heterocycles. The van der Waals surface area contributed by atoms with Crippen LogP contribution in [0.3, 0.4) is 0 Å². The maximum Gasteiger partial charge on any atom is 0.343 e. The zero-order valence-corrected chi connectivity index (χ0v) is 13.5. The number of anilines is 1. The van der Waals surface area contributed by atoms with Gasteiger partial charge in [0.2, 0.25) is 0 Å². The lowest BCUT2D eigenvalue weighted by Crippen LogP contribution is -2.15. The highest BCUT2D eigenvalue weighted by Gasteiger charge is 2.18. The molecule has 2 rings (SSSR count). The number of hydrogen-bond acceptors (Lipinski definition) is 5. The molecule has 6 heteroatoms. The van der Waals surface area contributed by atoms with E-state index in [0.717, 1.165) is 10.0 Å². The van der Waals surface area contributed by atoms with Gasteiger partial charge in [0, 0.05) is 10.9 Å². The van der Waals surface area contributed by atoms with E-state index < -0.39 is 5.97 Å². The number of aromatic nitrogens is 2. The van der Waals surface area contributed by atoms with Crippen LogP contribution in [-0.4, -0.2) is 22.5 Å². The Kier molecular flexibility index (Phi) is 4.90. The molecule has 5 nitrogen and oxygen atoms in total. The van der Waals surface area contributed by atoms with Crippen LogP contribution >= 0.6 is 15.9 Å². The molecule has 0 atom stereocenters. The van der Waals surface area contributed by atoms with E-state index in [-0.39, 0.29) is 18.0 Å². The van der Waals surface area contributed by atoms with Crippen LogP contribution in [0.1, 0.15) is 34.4 Å². The van der Waals surface area contributed by atoms with Crippen molar-refractivity contribution in [3.8, 4) is 0 Å². The quantitative estimate of drug-likeness (QED) is 0.858. The fourth-order valence-corrected chi connectivity index (χ4v) is 2.43. The third-order valence-corrected chi connectivity index (χ3v) is 3.72. The van der Waals surface area contributed by atoms with Crippen molar-refractivity contribution in [2.24, 2.45) is 0 Å². The molecule has 1 heterocycles. The maximum atomic E-state index is 11.8. The number of hydrogen-bond donors (Lipinski definition) is 1. The number of ether oxygens (including phenoxy) is 1. The van der Waals surface area contributed by atoms with Gasteiger partial charge >= 0.3 is 5.97 Å². The van der Waals surface area contributed by atoms with Gasteiger partial charge in [0.15, 0.2) is 0 Å². The van der Waals surface area contributed by atoms with E-state index in [2.05, 4.69) is 25.9 Å². The third-order valence-electron chi connectivity index (χ3n) is 2.95. The molecular weight excluding hydrogens is 334 g/mol. The number of benzene rings is 1. The van der Waals surface area contributed by atoms with E-state index >= 15 is 0 Å². The molecule has 0 fully saturated rings. The smallest absolute Gasteiger partial charge is 0.343 e. The molecule has 1 aromatic carbocycles. The zero-order valence-electron chi connectivity index (χ0n) is 11.9. The lowest BCUT2D eigenvalue weighted by atomic mass is 10.1. The van der Waals surface area contributed by atoms with Crippen LogP contribution in [0.5, 0.6) is 0 Å². The van der Waals surface area contributed by atoms with E-state index in [1.165, 1.54) is 0 Å². The molecule has 0 aliphatic rings. The molecule has 2 N–H and O–H groups in total. The van der Waals surface area contributed by atoms with Crippen molar-refractivity contribution in [3.05, 3.63) is 51.4 Å². The first-order chi connectivity index (χ1) is 10.0. The Bertz CT molecular complexity index is 651. The van der Waals surface area contributed by atoms with Gasteiger partial charge in [-0.3, -0.25) is 0 Å². The summed E-state index contributed by atoms with van der Waals surface area (Å²) in [7, 11) is 0. The minimum absolute atomic E-state index is 0.156. The molecule has 0 unspecified atom stereocenters. The Morgan fingerprint density at radius 1 is 1.33 bits per heavy atom. The fourth-order valence-electron chi connectivity index (χ4n) is 2.00. The molecule has 0 bridgehead atoms. The van der Waals surface area contributed by atoms with Crippen LogP contribution < -0.4 is 5.73 Å². The maximum absolute atomic E-state index is 11.8. The summed E-state index contributed by atoms with van der Waals surface area (Å²) in [5, 5.41) is 0. The normalized spacial score (nSPS) is 10.4. The molecule has 0 amide bonds. The Morgan fingerprint density at radius 3 is 2.67 bits per heavy atom. The monoisotopic (exact) mass is 349 g/mol. The molecule has 0 spiro atoms. The average Bonchev–Trinajstić information content (AvgIpc) is 2.41. The Morgan fingerprint density at radius 2 is 2.05 bits per heavy atom. The first kappa shape index (κ1) is 15.4. The molecule has 0 radical (unpaired) electrons. The summed E-state index contributed by atoms with van der Waals surface area (Å²) < 4.78 is 5.95. The molecule has 0 aliphatic carbocycles. The largest absolute Gasteiger partial charge is 0.462 e. The van der Waals surface area contributed by atoms with Gasteiger partial charge in [0.25, 0.3) is 0 Å². The molecule has 21 heavy (non-hydrogen) atoms. The SMILES string of the molecule is CCOC(=O)c1c(C)nc(Cc2ccccc2Br)nc1N. The van der Waals surface area contributed by atoms with Crippen molar-refractivity contribution >= 4 is 27.7 Å². The summed E-state index contributed by atoms with van der Waals surface area (Å²) in [6.07, 6.45) is 0.537. The molecule has 1 aromatic heterocycles. The van der Waals surface area contributed by atoms with Crippen LogP contribution in [0.2, 0.25) is 0 Å². The predicted octanol–water partition coefficient (Wildman–Crippen LogP) is 2.90. The van der Waals surface area contributed by atoms with Gasteiger partial charge in [0.1, 0.15) is 17.2 Å². The summed E-state index contributed by atoms with van der Waals surface area (Å²) in [6, 6.07) is 7.83. The molecule has 110 valence electrons. The van der Waals surface area contributed by atoms with Crippen molar-refractivity contribution in [2.75, 3.05) is 12.3 Å². The number of nitrogen functional groups attached to an aromatic ring is 1. The molecule has 2 aromatic rings. The van der Waals surface area contributed by atoms with Gasteiger partial charge in [-0.25, -0.2) is 14.8 Å². The fraction of sp³-hybridized carbons (Fsp3) is 0.267. The lowest BCUT2D eigenvalue weighted by Gasteiger charge is -2.10. The molecule has 0 saturated carbocycles. The Hall–Kier alpha value is -1.95. The second-order valence-corrected chi connectivity index (χ2v) is 5.33. The molecule has 0 aliphatic heterocycles. The van der Waals surface area contributed by atoms with Gasteiger partial charge < -0.3 is 10.5 Å². The van der Waals surface area contributed by atoms with Crippen LogP contribution in [0, 0.1) is 6.92 Å². The summed E-state index contributed by atoms with van der Waals surface area (Å²) in [5.74, 6) is 0.243. The van der Waals surface area contributed by atoms with Gasteiger partial charge in [-0.2, -0.15) is 0 Å². The molecular formula is C15H16BrN3O2. The zero-order chi connectivity index (χ0) is 15.4. The topological polar surface area (TPSA) is 78.1 Å². The van der Waals surface area contributed by atoms with Gasteiger partial charge in [0.05, 0.1) is 12.3 Å². The standard InChI is InChI=1S/C15H16BrN3O2/c1-3-21-15(20)13-9(2)18-12(19-14(13)17)8-10-6-4-5-7-11(10)16/h4-7H,3,8H2,1-2H3,(H2,17,18,19). The highest BCUT2D eigenvalue weighted by Crippen LogP contribution is 2.20.